The molecule has 0 unspecified atom stereocenters. The van der Waals surface area contributed by atoms with Crippen LogP contribution in [0.5, 0.6) is 11.5 Å². The van der Waals surface area contributed by atoms with Gasteiger partial charge in [0.2, 0.25) is 0 Å². The number of nitrogens with one attached hydrogen (secondary N) is 1. The number of aryl methyl sites for hydroxylation is 1. The molecule has 3 aromatic carbocycles. The summed E-state index contributed by atoms with van der Waals surface area (Å²) in [7, 11) is 0. The third-order valence-electron chi connectivity index (χ3n) is 4.14. The van der Waals surface area contributed by atoms with E-state index >= 15 is 0 Å². The Labute approximate surface area is 180 Å². The van der Waals surface area contributed by atoms with E-state index in [0.29, 0.717) is 40.3 Å². The fourth-order valence-electron chi connectivity index (χ4n) is 2.56. The predicted molar refractivity (Wildman–Crippen MR) is 118 cm³/mol. The number of amides is 1. The van der Waals surface area contributed by atoms with Gasteiger partial charge >= 0.3 is 0 Å². The maximum atomic E-state index is 12.4. The highest BCUT2D eigenvalue weighted by Gasteiger charge is 2.09. The Morgan fingerprint density at radius 2 is 1.45 bits per heavy atom. The molecule has 3 aromatic rings. The van der Waals surface area contributed by atoms with Crippen molar-refractivity contribution in [1.82, 2.24) is 0 Å². The molecule has 1 amide bonds. The van der Waals surface area contributed by atoms with Crippen molar-refractivity contribution in [3.8, 4) is 11.5 Å². The second kappa shape index (κ2) is 10.2. The maximum Gasteiger partial charge on any atom is 0.255 e. The molecule has 0 spiro atoms. The van der Waals surface area contributed by atoms with E-state index in [-0.39, 0.29) is 5.91 Å². The third kappa shape index (κ3) is 6.41. The highest BCUT2D eigenvalue weighted by atomic mass is 35.5. The van der Waals surface area contributed by atoms with E-state index in [4.69, 9.17) is 32.7 Å². The van der Waals surface area contributed by atoms with Crippen LogP contribution in [0.1, 0.15) is 22.3 Å². The first-order chi connectivity index (χ1) is 14.0. The lowest BCUT2D eigenvalue weighted by Gasteiger charge is -2.10. The molecular weight excluding hydrogens is 409 g/mol. The molecule has 29 heavy (non-hydrogen) atoms. The third-order valence-corrected chi connectivity index (χ3v) is 4.70. The van der Waals surface area contributed by atoms with Crippen LogP contribution in [0.4, 0.5) is 5.69 Å². The fourth-order valence-corrected chi connectivity index (χ4v) is 2.90. The summed E-state index contributed by atoms with van der Waals surface area (Å²) >= 11 is 12.0. The van der Waals surface area contributed by atoms with Crippen molar-refractivity contribution in [1.29, 1.82) is 0 Å². The number of hydrogen-bond donors (Lipinski definition) is 1. The van der Waals surface area contributed by atoms with Gasteiger partial charge in [0.25, 0.3) is 5.91 Å². The predicted octanol–water partition coefficient (Wildman–Crippen LogP) is 6.40. The molecule has 0 atom stereocenters. The second-order valence-electron chi connectivity index (χ2n) is 6.47. The van der Waals surface area contributed by atoms with E-state index in [1.807, 2.05) is 31.2 Å². The van der Waals surface area contributed by atoms with Gasteiger partial charge in [0.05, 0.1) is 23.9 Å². The molecule has 3 rings (SSSR count). The van der Waals surface area contributed by atoms with Crippen LogP contribution in [0.15, 0.2) is 66.7 Å². The number of benzene rings is 3. The Kier molecular flexibility index (Phi) is 7.39. The van der Waals surface area contributed by atoms with Crippen molar-refractivity contribution >= 4 is 34.8 Å². The van der Waals surface area contributed by atoms with Crippen LogP contribution in [0, 0.1) is 6.92 Å². The molecule has 0 fully saturated rings. The van der Waals surface area contributed by atoms with Crippen molar-refractivity contribution in [2.24, 2.45) is 0 Å². The average molecular weight is 430 g/mol. The van der Waals surface area contributed by atoms with Gasteiger partial charge in [0, 0.05) is 17.0 Å². The maximum absolute atomic E-state index is 12.4. The van der Waals surface area contributed by atoms with Gasteiger partial charge in [-0.15, -0.1) is 0 Å². The van der Waals surface area contributed by atoms with E-state index < -0.39 is 0 Å². The molecule has 6 heteroatoms. The van der Waals surface area contributed by atoms with Gasteiger partial charge < -0.3 is 14.8 Å². The monoisotopic (exact) mass is 429 g/mol. The zero-order chi connectivity index (χ0) is 20.6. The van der Waals surface area contributed by atoms with Crippen LogP contribution < -0.4 is 14.8 Å². The lowest BCUT2D eigenvalue weighted by Crippen LogP contribution is -2.12. The number of carbonyl (C=O) groups is 1. The number of rotatable bonds is 8. The van der Waals surface area contributed by atoms with E-state index in [0.717, 1.165) is 12.2 Å². The summed E-state index contributed by atoms with van der Waals surface area (Å²) in [6.45, 7) is 3.14. The van der Waals surface area contributed by atoms with Gasteiger partial charge in [-0.1, -0.05) is 40.9 Å². The lowest BCUT2D eigenvalue weighted by molar-refractivity contribution is 0.102. The number of carbonyl (C=O) groups excluding carboxylic acids is 1. The second-order valence-corrected chi connectivity index (χ2v) is 7.31. The number of halogens is 2. The molecule has 0 saturated heterocycles. The van der Waals surface area contributed by atoms with Crippen LogP contribution >= 0.6 is 23.2 Å². The molecular formula is C23H21Cl2NO3. The Balaban J connectivity index is 1.44. The van der Waals surface area contributed by atoms with Gasteiger partial charge in [-0.05, 0) is 61.5 Å². The van der Waals surface area contributed by atoms with E-state index in [1.165, 1.54) is 5.56 Å². The fraction of sp³-hybridized carbons (Fsp3) is 0.174. The molecule has 0 heterocycles. The van der Waals surface area contributed by atoms with Gasteiger partial charge in [-0.2, -0.15) is 0 Å². The van der Waals surface area contributed by atoms with Crippen LogP contribution in [0.3, 0.4) is 0 Å². The van der Waals surface area contributed by atoms with Gasteiger partial charge in [0.1, 0.15) is 11.5 Å². The largest absolute Gasteiger partial charge is 0.493 e. The van der Waals surface area contributed by atoms with E-state index in [1.54, 1.807) is 42.5 Å². The Morgan fingerprint density at radius 3 is 2.07 bits per heavy atom. The molecule has 1 N–H and O–H groups in total. The highest BCUT2D eigenvalue weighted by molar-refractivity contribution is 6.35. The SMILES string of the molecule is Cc1ccc(OCCCOc2ccc(C(=O)Nc3cc(Cl)ccc3Cl)cc2)cc1. The summed E-state index contributed by atoms with van der Waals surface area (Å²) in [5, 5.41) is 3.68. The lowest BCUT2D eigenvalue weighted by atomic mass is 10.2. The van der Waals surface area contributed by atoms with Crippen molar-refractivity contribution in [3.05, 3.63) is 87.9 Å². The summed E-state index contributed by atoms with van der Waals surface area (Å²) < 4.78 is 11.4. The van der Waals surface area contributed by atoms with Crippen LogP contribution in [-0.4, -0.2) is 19.1 Å². The molecule has 0 radical (unpaired) electrons. The summed E-state index contributed by atoms with van der Waals surface area (Å²) in [5.74, 6) is 1.27. The summed E-state index contributed by atoms with van der Waals surface area (Å²) in [5.41, 5.74) is 2.17. The summed E-state index contributed by atoms with van der Waals surface area (Å²) in [4.78, 5) is 12.4. The van der Waals surface area contributed by atoms with Gasteiger partial charge in [-0.25, -0.2) is 0 Å². The molecule has 0 aromatic heterocycles. The van der Waals surface area contributed by atoms with Gasteiger partial charge in [-0.3, -0.25) is 4.79 Å². The Morgan fingerprint density at radius 1 is 0.862 bits per heavy atom. The van der Waals surface area contributed by atoms with E-state index in [9.17, 15) is 4.79 Å². The van der Waals surface area contributed by atoms with Crippen molar-refractivity contribution < 1.29 is 14.3 Å². The molecule has 0 aliphatic heterocycles. The molecule has 0 aliphatic rings. The first-order valence-electron chi connectivity index (χ1n) is 9.20. The number of hydrogen-bond acceptors (Lipinski definition) is 3. The molecule has 0 saturated carbocycles. The van der Waals surface area contributed by atoms with Crippen LogP contribution in [0.25, 0.3) is 0 Å². The van der Waals surface area contributed by atoms with E-state index in [2.05, 4.69) is 5.32 Å². The molecule has 4 nitrogen and oxygen atoms in total. The highest BCUT2D eigenvalue weighted by Crippen LogP contribution is 2.26. The number of ether oxygens (including phenoxy) is 2. The Hall–Kier alpha value is -2.69. The zero-order valence-electron chi connectivity index (χ0n) is 16.0. The molecule has 0 aliphatic carbocycles. The average Bonchev–Trinajstić information content (AvgIpc) is 2.72. The summed E-state index contributed by atoms with van der Waals surface area (Å²) in [6.07, 6.45) is 0.753. The van der Waals surface area contributed by atoms with Crippen LogP contribution in [0.2, 0.25) is 10.0 Å². The first kappa shape index (κ1) is 21.0. The Bertz CT molecular complexity index is 957. The quantitative estimate of drug-likeness (QED) is 0.421. The zero-order valence-corrected chi connectivity index (χ0v) is 17.5. The first-order valence-corrected chi connectivity index (χ1v) is 9.95. The minimum atomic E-state index is -0.271. The minimum absolute atomic E-state index is 0.271. The molecule has 0 bridgehead atoms. The minimum Gasteiger partial charge on any atom is -0.493 e. The topological polar surface area (TPSA) is 47.6 Å². The standard InChI is InChI=1S/C23H21Cl2NO3/c1-16-3-8-19(9-4-16)28-13-2-14-29-20-10-5-17(6-11-20)23(27)26-22-15-18(24)7-12-21(22)25/h3-12,15H,2,13-14H2,1H3,(H,26,27). The van der Waals surface area contributed by atoms with Crippen molar-refractivity contribution in [2.45, 2.75) is 13.3 Å². The van der Waals surface area contributed by atoms with Crippen molar-refractivity contribution in [3.63, 3.8) is 0 Å². The van der Waals surface area contributed by atoms with Gasteiger partial charge in [0.15, 0.2) is 0 Å². The molecule has 150 valence electrons. The van der Waals surface area contributed by atoms with Crippen molar-refractivity contribution in [2.75, 3.05) is 18.5 Å². The summed E-state index contributed by atoms with van der Waals surface area (Å²) in [6, 6.07) is 19.8. The van der Waals surface area contributed by atoms with Crippen LogP contribution in [-0.2, 0) is 0 Å². The normalized spacial score (nSPS) is 10.4. The number of anilines is 1. The smallest absolute Gasteiger partial charge is 0.255 e.